The van der Waals surface area contributed by atoms with Crippen LogP contribution in [0.15, 0.2) is 15.2 Å². The molecule has 0 saturated carbocycles. The van der Waals surface area contributed by atoms with E-state index in [0.29, 0.717) is 12.2 Å². The first-order chi connectivity index (χ1) is 7.59. The molecular formula is C11H14BrNO2S. The Morgan fingerprint density at radius 3 is 3.06 bits per heavy atom. The molecule has 0 bridgehead atoms. The highest BCUT2D eigenvalue weighted by molar-refractivity contribution is 9.11. The number of halogens is 1. The minimum absolute atomic E-state index is 0.0186. The number of carbonyl (C=O) groups excluding carboxylic acids is 1. The number of hydrogen-bond acceptors (Lipinski definition) is 3. The molecule has 0 aliphatic carbocycles. The van der Waals surface area contributed by atoms with Gasteiger partial charge in [0, 0.05) is 12.0 Å². The molecule has 0 radical (unpaired) electrons. The van der Waals surface area contributed by atoms with Crippen LogP contribution in [0.25, 0.3) is 0 Å². The predicted molar refractivity (Wildman–Crippen MR) is 67.9 cm³/mol. The summed E-state index contributed by atoms with van der Waals surface area (Å²) >= 11 is 4.87. The number of ether oxygens (including phenoxy) is 1. The van der Waals surface area contributed by atoms with Gasteiger partial charge >= 0.3 is 0 Å². The van der Waals surface area contributed by atoms with Crippen LogP contribution in [0, 0.1) is 0 Å². The van der Waals surface area contributed by atoms with Gasteiger partial charge in [-0.2, -0.15) is 0 Å². The van der Waals surface area contributed by atoms with Crippen LogP contribution in [0.3, 0.4) is 0 Å². The molecule has 1 unspecified atom stereocenters. The number of carbonyl (C=O) groups is 1. The second-order valence-electron chi connectivity index (χ2n) is 4.31. The molecular weight excluding hydrogens is 290 g/mol. The number of nitrogens with one attached hydrogen (secondary N) is 1. The van der Waals surface area contributed by atoms with Gasteiger partial charge in [0.15, 0.2) is 0 Å². The third-order valence-electron chi connectivity index (χ3n) is 2.68. The number of rotatable bonds is 2. The van der Waals surface area contributed by atoms with Gasteiger partial charge in [-0.25, -0.2) is 0 Å². The Kier molecular flexibility index (Phi) is 3.66. The summed E-state index contributed by atoms with van der Waals surface area (Å²) in [4.78, 5) is 12.0. The van der Waals surface area contributed by atoms with Crippen LogP contribution in [-0.2, 0) is 4.74 Å². The second-order valence-corrected chi connectivity index (χ2v) is 6.60. The van der Waals surface area contributed by atoms with E-state index in [0.717, 1.165) is 23.2 Å². The fraction of sp³-hybridized carbons (Fsp3) is 0.545. The van der Waals surface area contributed by atoms with E-state index in [4.69, 9.17) is 4.74 Å². The maximum absolute atomic E-state index is 12.0. The summed E-state index contributed by atoms with van der Waals surface area (Å²) in [6.07, 6.45) is 1.98. The van der Waals surface area contributed by atoms with Crippen molar-refractivity contribution in [2.45, 2.75) is 25.3 Å². The van der Waals surface area contributed by atoms with Crippen molar-refractivity contribution in [1.29, 1.82) is 0 Å². The SMILES string of the molecule is CC1(NC(=O)c2csc(Br)c2)CCCOC1. The third kappa shape index (κ3) is 2.84. The first kappa shape index (κ1) is 12.1. The van der Waals surface area contributed by atoms with Crippen LogP contribution in [0.4, 0.5) is 0 Å². The zero-order valence-corrected chi connectivity index (χ0v) is 11.5. The molecule has 1 aliphatic heterocycles. The molecule has 88 valence electrons. The van der Waals surface area contributed by atoms with Crippen molar-refractivity contribution in [3.63, 3.8) is 0 Å². The molecule has 3 nitrogen and oxygen atoms in total. The van der Waals surface area contributed by atoms with E-state index in [2.05, 4.69) is 21.2 Å². The van der Waals surface area contributed by atoms with Gasteiger partial charge in [-0.3, -0.25) is 4.79 Å². The van der Waals surface area contributed by atoms with Crippen molar-refractivity contribution in [3.05, 3.63) is 20.8 Å². The molecule has 1 saturated heterocycles. The smallest absolute Gasteiger partial charge is 0.252 e. The minimum Gasteiger partial charge on any atom is -0.379 e. The van der Waals surface area contributed by atoms with Crippen LogP contribution in [0.5, 0.6) is 0 Å². The molecule has 5 heteroatoms. The second kappa shape index (κ2) is 4.85. The highest BCUT2D eigenvalue weighted by atomic mass is 79.9. The van der Waals surface area contributed by atoms with Gasteiger partial charge < -0.3 is 10.1 Å². The summed E-state index contributed by atoms with van der Waals surface area (Å²) in [5.74, 6) is -0.0186. The zero-order valence-electron chi connectivity index (χ0n) is 9.09. The number of amides is 1. The lowest BCUT2D eigenvalue weighted by Gasteiger charge is -2.34. The first-order valence-corrected chi connectivity index (χ1v) is 6.91. The highest BCUT2D eigenvalue weighted by Crippen LogP contribution is 2.23. The van der Waals surface area contributed by atoms with Crippen molar-refractivity contribution in [1.82, 2.24) is 5.32 Å². The summed E-state index contributed by atoms with van der Waals surface area (Å²) in [6.45, 7) is 3.44. The normalized spacial score (nSPS) is 25.4. The molecule has 1 aromatic rings. The van der Waals surface area contributed by atoms with E-state index in [9.17, 15) is 4.79 Å². The maximum Gasteiger partial charge on any atom is 0.252 e. The quantitative estimate of drug-likeness (QED) is 0.912. The highest BCUT2D eigenvalue weighted by Gasteiger charge is 2.29. The lowest BCUT2D eigenvalue weighted by molar-refractivity contribution is 0.0273. The molecule has 1 aromatic heterocycles. The lowest BCUT2D eigenvalue weighted by atomic mass is 9.94. The van der Waals surface area contributed by atoms with Crippen LogP contribution in [-0.4, -0.2) is 24.7 Å². The van der Waals surface area contributed by atoms with Crippen molar-refractivity contribution in [2.75, 3.05) is 13.2 Å². The van der Waals surface area contributed by atoms with Crippen LogP contribution in [0.2, 0.25) is 0 Å². The molecule has 2 rings (SSSR count). The van der Waals surface area contributed by atoms with Crippen molar-refractivity contribution in [2.24, 2.45) is 0 Å². The van der Waals surface area contributed by atoms with E-state index >= 15 is 0 Å². The molecule has 0 spiro atoms. The van der Waals surface area contributed by atoms with Crippen molar-refractivity contribution < 1.29 is 9.53 Å². The fourth-order valence-electron chi connectivity index (χ4n) is 1.81. The summed E-state index contributed by atoms with van der Waals surface area (Å²) in [7, 11) is 0. The maximum atomic E-state index is 12.0. The van der Waals surface area contributed by atoms with E-state index in [-0.39, 0.29) is 11.4 Å². The summed E-state index contributed by atoms with van der Waals surface area (Å²) in [6, 6.07) is 1.84. The Morgan fingerprint density at radius 2 is 2.50 bits per heavy atom. The van der Waals surface area contributed by atoms with Gasteiger partial charge in [-0.05, 0) is 41.8 Å². The van der Waals surface area contributed by atoms with Crippen LogP contribution >= 0.6 is 27.3 Å². The van der Waals surface area contributed by atoms with Crippen LogP contribution < -0.4 is 5.32 Å². The van der Waals surface area contributed by atoms with E-state index in [1.54, 1.807) is 0 Å². The molecule has 1 amide bonds. The predicted octanol–water partition coefficient (Wildman–Crippen LogP) is 2.81. The molecule has 16 heavy (non-hydrogen) atoms. The molecule has 2 heterocycles. The Balaban J connectivity index is 2.01. The molecule has 1 fully saturated rings. The van der Waals surface area contributed by atoms with Crippen molar-refractivity contribution in [3.8, 4) is 0 Å². The van der Waals surface area contributed by atoms with Gasteiger partial charge in [0.05, 0.1) is 21.5 Å². The fourth-order valence-corrected chi connectivity index (χ4v) is 2.94. The average molecular weight is 304 g/mol. The molecule has 1 atom stereocenters. The molecule has 1 aliphatic rings. The minimum atomic E-state index is -0.219. The Hall–Kier alpha value is -0.390. The zero-order chi connectivity index (χ0) is 11.6. The van der Waals surface area contributed by atoms with E-state index < -0.39 is 0 Å². The Labute approximate surface area is 107 Å². The lowest BCUT2D eigenvalue weighted by Crippen LogP contribution is -2.51. The summed E-state index contributed by atoms with van der Waals surface area (Å²) in [5, 5.41) is 4.90. The number of thiophene rings is 1. The van der Waals surface area contributed by atoms with Gasteiger partial charge in [-0.15, -0.1) is 11.3 Å². The van der Waals surface area contributed by atoms with Crippen LogP contribution in [0.1, 0.15) is 30.1 Å². The third-order valence-corrected chi connectivity index (χ3v) is 4.19. The van der Waals surface area contributed by atoms with Gasteiger partial charge in [0.2, 0.25) is 0 Å². The van der Waals surface area contributed by atoms with Crippen molar-refractivity contribution >= 4 is 33.2 Å². The summed E-state index contributed by atoms with van der Waals surface area (Å²) in [5.41, 5.74) is 0.493. The van der Waals surface area contributed by atoms with Gasteiger partial charge in [-0.1, -0.05) is 0 Å². The van der Waals surface area contributed by atoms with Gasteiger partial charge in [0.1, 0.15) is 0 Å². The number of hydrogen-bond donors (Lipinski definition) is 1. The summed E-state index contributed by atoms with van der Waals surface area (Å²) < 4.78 is 6.38. The standard InChI is InChI=1S/C11H14BrNO2S/c1-11(3-2-4-15-7-11)13-10(14)8-5-9(12)16-6-8/h5-6H,2-4,7H2,1H3,(H,13,14). The monoisotopic (exact) mass is 303 g/mol. The largest absolute Gasteiger partial charge is 0.379 e. The van der Waals surface area contributed by atoms with Gasteiger partial charge in [0.25, 0.3) is 5.91 Å². The molecule has 0 aromatic carbocycles. The van der Waals surface area contributed by atoms with E-state index in [1.165, 1.54) is 11.3 Å². The Bertz CT molecular complexity index is 385. The topological polar surface area (TPSA) is 38.3 Å². The Morgan fingerprint density at radius 1 is 1.69 bits per heavy atom. The first-order valence-electron chi connectivity index (χ1n) is 5.23. The average Bonchev–Trinajstić information content (AvgIpc) is 2.65. The molecule has 1 N–H and O–H groups in total. The van der Waals surface area contributed by atoms with E-state index in [1.807, 2.05) is 18.4 Å².